The molecule has 8 nitrogen and oxygen atoms in total. The predicted molar refractivity (Wildman–Crippen MR) is 98.6 cm³/mol. The average molecular weight is 381 g/mol. The number of esters is 1. The fourth-order valence-corrected chi connectivity index (χ4v) is 3.31. The van der Waals surface area contributed by atoms with Gasteiger partial charge in [-0.1, -0.05) is 6.07 Å². The lowest BCUT2D eigenvalue weighted by Crippen LogP contribution is -2.40. The van der Waals surface area contributed by atoms with Crippen molar-refractivity contribution in [3.05, 3.63) is 70.7 Å². The lowest BCUT2D eigenvalue weighted by atomic mass is 9.97. The number of aromatic nitrogens is 2. The van der Waals surface area contributed by atoms with Gasteiger partial charge in [-0.15, -0.1) is 0 Å². The summed E-state index contributed by atoms with van der Waals surface area (Å²) in [6.07, 6.45) is 4.15. The van der Waals surface area contributed by atoms with E-state index in [9.17, 15) is 14.4 Å². The Kier molecular flexibility index (Phi) is 4.92. The first kappa shape index (κ1) is 18.0. The van der Waals surface area contributed by atoms with Crippen molar-refractivity contribution in [1.29, 1.82) is 0 Å². The van der Waals surface area contributed by atoms with Gasteiger partial charge in [-0.2, -0.15) is 0 Å². The standard InChI is InChI=1S/C20H19N3O5/c24-18-12-15(21-17-5-1-2-8-23(17)18)13-28-20(26)14-6-9-22(10-7-14)19(25)16-4-3-11-27-16/h1-5,8,11-12,14H,6-7,9-10,13H2. The number of ether oxygens (including phenoxy) is 1. The van der Waals surface area contributed by atoms with Crippen molar-refractivity contribution in [2.75, 3.05) is 13.1 Å². The highest BCUT2D eigenvalue weighted by Crippen LogP contribution is 2.21. The first-order chi connectivity index (χ1) is 13.6. The largest absolute Gasteiger partial charge is 0.459 e. The van der Waals surface area contributed by atoms with Crippen molar-refractivity contribution >= 4 is 17.5 Å². The summed E-state index contributed by atoms with van der Waals surface area (Å²) in [5, 5.41) is 0. The van der Waals surface area contributed by atoms with Gasteiger partial charge in [0.15, 0.2) is 5.76 Å². The van der Waals surface area contributed by atoms with Crippen molar-refractivity contribution in [2.45, 2.75) is 19.4 Å². The molecule has 144 valence electrons. The molecule has 1 aliphatic heterocycles. The van der Waals surface area contributed by atoms with Gasteiger partial charge in [0.1, 0.15) is 12.3 Å². The lowest BCUT2D eigenvalue weighted by Gasteiger charge is -2.30. The van der Waals surface area contributed by atoms with E-state index in [1.165, 1.54) is 16.7 Å². The summed E-state index contributed by atoms with van der Waals surface area (Å²) in [5.74, 6) is -0.477. The lowest BCUT2D eigenvalue weighted by molar-refractivity contribution is -0.151. The Morgan fingerprint density at radius 1 is 1.18 bits per heavy atom. The van der Waals surface area contributed by atoms with Gasteiger partial charge in [-0.3, -0.25) is 18.8 Å². The number of nitrogens with zero attached hydrogens (tertiary/aromatic N) is 3. The van der Waals surface area contributed by atoms with Gasteiger partial charge in [0, 0.05) is 25.4 Å². The molecular weight excluding hydrogens is 362 g/mol. The number of carbonyl (C=O) groups excluding carboxylic acids is 2. The molecule has 0 aromatic carbocycles. The predicted octanol–water partition coefficient (Wildman–Crippen LogP) is 1.88. The van der Waals surface area contributed by atoms with Crippen LogP contribution in [0, 0.1) is 5.92 Å². The Morgan fingerprint density at radius 3 is 2.75 bits per heavy atom. The van der Waals surface area contributed by atoms with Crippen LogP contribution in [0.15, 0.2) is 58.1 Å². The van der Waals surface area contributed by atoms with Crippen molar-refractivity contribution in [2.24, 2.45) is 5.92 Å². The molecule has 1 amide bonds. The van der Waals surface area contributed by atoms with E-state index in [-0.39, 0.29) is 30.0 Å². The van der Waals surface area contributed by atoms with Gasteiger partial charge >= 0.3 is 5.97 Å². The van der Waals surface area contributed by atoms with Crippen LogP contribution in [-0.4, -0.2) is 39.3 Å². The molecule has 0 aliphatic carbocycles. The highest BCUT2D eigenvalue weighted by molar-refractivity contribution is 5.91. The summed E-state index contributed by atoms with van der Waals surface area (Å²) in [6.45, 7) is 0.884. The van der Waals surface area contributed by atoms with E-state index in [4.69, 9.17) is 9.15 Å². The van der Waals surface area contributed by atoms with E-state index in [0.29, 0.717) is 43.0 Å². The van der Waals surface area contributed by atoms with Crippen molar-refractivity contribution < 1.29 is 18.7 Å². The molecule has 0 saturated carbocycles. The number of furan rings is 1. The molecule has 28 heavy (non-hydrogen) atoms. The highest BCUT2D eigenvalue weighted by Gasteiger charge is 2.29. The fraction of sp³-hybridized carbons (Fsp3) is 0.300. The maximum Gasteiger partial charge on any atom is 0.309 e. The SMILES string of the molecule is O=C(OCc1cc(=O)n2ccccc2n1)C1CCN(C(=O)c2ccco2)CC1. The molecule has 0 atom stereocenters. The minimum atomic E-state index is -0.333. The van der Waals surface area contributed by atoms with E-state index in [1.807, 2.05) is 0 Å². The molecule has 0 bridgehead atoms. The Hall–Kier alpha value is -3.42. The minimum Gasteiger partial charge on any atom is -0.459 e. The van der Waals surface area contributed by atoms with Crippen LogP contribution in [0.5, 0.6) is 0 Å². The second-order valence-electron chi connectivity index (χ2n) is 6.67. The van der Waals surface area contributed by atoms with Crippen LogP contribution in [-0.2, 0) is 16.1 Å². The van der Waals surface area contributed by atoms with Gasteiger partial charge in [-0.05, 0) is 37.1 Å². The molecule has 0 N–H and O–H groups in total. The Morgan fingerprint density at radius 2 is 2.00 bits per heavy atom. The number of carbonyl (C=O) groups is 2. The summed E-state index contributed by atoms with van der Waals surface area (Å²) in [6, 6.07) is 9.92. The molecular formula is C20H19N3O5. The van der Waals surface area contributed by atoms with Gasteiger partial charge in [0.2, 0.25) is 0 Å². The Labute approximate surface area is 160 Å². The van der Waals surface area contributed by atoms with E-state index in [2.05, 4.69) is 4.98 Å². The van der Waals surface area contributed by atoms with E-state index >= 15 is 0 Å². The van der Waals surface area contributed by atoms with Crippen LogP contribution in [0.25, 0.3) is 5.65 Å². The van der Waals surface area contributed by atoms with Crippen LogP contribution >= 0.6 is 0 Å². The zero-order valence-corrected chi connectivity index (χ0v) is 15.1. The summed E-state index contributed by atoms with van der Waals surface area (Å²) in [5.41, 5.74) is 0.696. The number of likely N-dealkylation sites (tertiary alicyclic amines) is 1. The molecule has 1 aliphatic rings. The summed E-state index contributed by atoms with van der Waals surface area (Å²) < 4.78 is 11.9. The van der Waals surface area contributed by atoms with Gasteiger partial charge < -0.3 is 14.1 Å². The third-order valence-electron chi connectivity index (χ3n) is 4.83. The smallest absolute Gasteiger partial charge is 0.309 e. The number of amides is 1. The van der Waals surface area contributed by atoms with E-state index in [1.54, 1.807) is 41.4 Å². The highest BCUT2D eigenvalue weighted by atomic mass is 16.5. The Bertz CT molecular complexity index is 1050. The molecule has 0 radical (unpaired) electrons. The van der Waals surface area contributed by atoms with Gasteiger partial charge in [0.25, 0.3) is 11.5 Å². The summed E-state index contributed by atoms with van der Waals surface area (Å²) in [7, 11) is 0. The quantitative estimate of drug-likeness (QED) is 0.641. The third kappa shape index (κ3) is 3.66. The number of hydrogen-bond acceptors (Lipinski definition) is 6. The fourth-order valence-electron chi connectivity index (χ4n) is 3.31. The molecule has 1 saturated heterocycles. The molecule has 4 heterocycles. The molecule has 8 heteroatoms. The van der Waals surface area contributed by atoms with Gasteiger partial charge in [-0.25, -0.2) is 4.98 Å². The van der Waals surface area contributed by atoms with Crippen LogP contribution in [0.3, 0.4) is 0 Å². The van der Waals surface area contributed by atoms with Gasteiger partial charge in [0.05, 0.1) is 17.9 Å². The van der Waals surface area contributed by atoms with E-state index < -0.39 is 0 Å². The average Bonchev–Trinajstić information content (AvgIpc) is 3.26. The molecule has 0 unspecified atom stereocenters. The number of hydrogen-bond donors (Lipinski definition) is 0. The molecule has 3 aromatic rings. The van der Waals surface area contributed by atoms with Crippen molar-refractivity contribution in [1.82, 2.24) is 14.3 Å². The number of rotatable bonds is 4. The topological polar surface area (TPSA) is 94.1 Å². The minimum absolute atomic E-state index is 0.0506. The summed E-state index contributed by atoms with van der Waals surface area (Å²) >= 11 is 0. The van der Waals surface area contributed by atoms with Crippen LogP contribution < -0.4 is 5.56 Å². The van der Waals surface area contributed by atoms with Crippen LogP contribution in [0.2, 0.25) is 0 Å². The van der Waals surface area contributed by atoms with Crippen molar-refractivity contribution in [3.63, 3.8) is 0 Å². The Balaban J connectivity index is 1.33. The van der Waals surface area contributed by atoms with Crippen LogP contribution in [0.1, 0.15) is 29.1 Å². The van der Waals surface area contributed by atoms with E-state index in [0.717, 1.165) is 0 Å². The second kappa shape index (κ2) is 7.67. The number of fused-ring (bicyclic) bond motifs is 1. The number of piperidine rings is 1. The third-order valence-corrected chi connectivity index (χ3v) is 4.83. The molecule has 0 spiro atoms. The summed E-state index contributed by atoms with van der Waals surface area (Å²) in [4.78, 5) is 42.7. The first-order valence-corrected chi connectivity index (χ1v) is 9.08. The number of pyridine rings is 1. The molecule has 1 fully saturated rings. The zero-order valence-electron chi connectivity index (χ0n) is 15.1. The zero-order chi connectivity index (χ0) is 19.5. The van der Waals surface area contributed by atoms with Crippen molar-refractivity contribution in [3.8, 4) is 0 Å². The monoisotopic (exact) mass is 381 g/mol. The first-order valence-electron chi connectivity index (χ1n) is 9.08. The second-order valence-corrected chi connectivity index (χ2v) is 6.67. The maximum atomic E-state index is 12.4. The molecule has 4 rings (SSSR count). The normalized spacial score (nSPS) is 14.9. The van der Waals surface area contributed by atoms with Crippen LogP contribution in [0.4, 0.5) is 0 Å². The maximum absolute atomic E-state index is 12.4. The molecule has 3 aromatic heterocycles.